The molecule has 0 aliphatic rings. The van der Waals surface area contributed by atoms with Crippen LogP contribution in [-0.2, 0) is 17.9 Å². The summed E-state index contributed by atoms with van der Waals surface area (Å²) in [4.78, 5) is 18.5. The third-order valence-electron chi connectivity index (χ3n) is 5.78. The molecule has 0 amide bonds. The molecule has 11 nitrogen and oxygen atoms in total. The zero-order valence-electron chi connectivity index (χ0n) is 21.8. The Morgan fingerprint density at radius 2 is 1.73 bits per heavy atom. The number of hydrogen-bond acceptors (Lipinski definition) is 9. The predicted octanol–water partition coefficient (Wildman–Crippen LogP) is 4.55. The number of nitrogens with zero attached hydrogens (tertiary/aromatic N) is 5. The van der Waals surface area contributed by atoms with Crippen molar-refractivity contribution in [2.75, 3.05) is 18.9 Å². The second-order valence-corrected chi connectivity index (χ2v) is 8.53. The molecule has 5 rings (SSSR count). The highest BCUT2D eigenvalue weighted by Gasteiger charge is 2.38. The molecular weight excluding hydrogens is 543 g/mol. The van der Waals surface area contributed by atoms with E-state index in [1.807, 2.05) is 60.0 Å². The van der Waals surface area contributed by atoms with E-state index in [9.17, 15) is 13.2 Å². The molecule has 0 atom stereocenters. The number of imidazole rings is 1. The number of rotatable bonds is 9. The van der Waals surface area contributed by atoms with Crippen LogP contribution in [0.1, 0.15) is 12.5 Å². The van der Waals surface area contributed by atoms with E-state index < -0.39 is 12.1 Å². The minimum atomic E-state index is -5.08. The van der Waals surface area contributed by atoms with Crippen molar-refractivity contribution in [2.24, 2.45) is 0 Å². The van der Waals surface area contributed by atoms with Gasteiger partial charge in [-0.2, -0.15) is 13.2 Å². The summed E-state index contributed by atoms with van der Waals surface area (Å²) in [6, 6.07) is 20.2. The van der Waals surface area contributed by atoms with Crippen LogP contribution >= 0.6 is 0 Å². The second kappa shape index (κ2) is 12.9. The van der Waals surface area contributed by atoms with Gasteiger partial charge in [0.05, 0.1) is 11.9 Å². The van der Waals surface area contributed by atoms with Gasteiger partial charge < -0.3 is 25.5 Å². The maximum Gasteiger partial charge on any atom is 0.490 e. The number of carbonyl (C=O) groups is 1. The Labute approximate surface area is 231 Å². The lowest BCUT2D eigenvalue weighted by atomic mass is 10.1. The Morgan fingerprint density at radius 1 is 1.07 bits per heavy atom. The Hall–Kier alpha value is -4.98. The largest absolute Gasteiger partial charge is 0.490 e. The fraction of sp³-hybridized carbons (Fsp3) is 0.222. The van der Waals surface area contributed by atoms with Crippen molar-refractivity contribution in [1.29, 1.82) is 0 Å². The number of hydrogen-bond donors (Lipinski definition) is 3. The molecule has 214 valence electrons. The first-order valence-electron chi connectivity index (χ1n) is 12.4. The maximum absolute atomic E-state index is 10.6. The molecule has 0 radical (unpaired) electrons. The van der Waals surface area contributed by atoms with Crippen LogP contribution in [0.2, 0.25) is 0 Å². The third kappa shape index (κ3) is 6.97. The highest BCUT2D eigenvalue weighted by atomic mass is 19.4. The van der Waals surface area contributed by atoms with Gasteiger partial charge in [0.2, 0.25) is 0 Å². The molecule has 41 heavy (non-hydrogen) atoms. The van der Waals surface area contributed by atoms with Crippen LogP contribution in [0.4, 0.5) is 19.0 Å². The molecule has 3 heterocycles. The van der Waals surface area contributed by atoms with Crippen molar-refractivity contribution >= 4 is 22.8 Å². The summed E-state index contributed by atoms with van der Waals surface area (Å²) in [6.07, 6.45) is -3.33. The number of aliphatic carboxylic acids is 1. The first kappa shape index (κ1) is 29.0. The van der Waals surface area contributed by atoms with E-state index in [0.717, 1.165) is 23.3 Å². The third-order valence-corrected chi connectivity index (χ3v) is 5.78. The van der Waals surface area contributed by atoms with Gasteiger partial charge in [-0.25, -0.2) is 19.4 Å². The zero-order valence-corrected chi connectivity index (χ0v) is 21.8. The van der Waals surface area contributed by atoms with Crippen molar-refractivity contribution in [3.8, 4) is 28.5 Å². The number of pyridine rings is 1. The average molecular weight is 570 g/mol. The summed E-state index contributed by atoms with van der Waals surface area (Å²) >= 11 is 0. The van der Waals surface area contributed by atoms with E-state index in [4.69, 9.17) is 35.0 Å². The van der Waals surface area contributed by atoms with E-state index >= 15 is 0 Å². The van der Waals surface area contributed by atoms with Gasteiger partial charge in [0, 0.05) is 25.2 Å². The molecule has 2 aromatic carbocycles. The number of nitrogens with two attached hydrogens (primary N) is 1. The van der Waals surface area contributed by atoms with Crippen LogP contribution < -0.4 is 15.8 Å². The topological polar surface area (TPSA) is 154 Å². The smallest absolute Gasteiger partial charge is 0.488 e. The number of nitrogens with one attached hydrogen (secondary N) is 1. The van der Waals surface area contributed by atoms with E-state index in [0.29, 0.717) is 42.5 Å². The summed E-state index contributed by atoms with van der Waals surface area (Å²) in [5.41, 5.74) is 10.9. The van der Waals surface area contributed by atoms with Crippen LogP contribution in [0.3, 0.4) is 0 Å². The Morgan fingerprint density at radius 3 is 2.32 bits per heavy atom. The Kier molecular flexibility index (Phi) is 9.14. The fourth-order valence-corrected chi connectivity index (χ4v) is 3.93. The molecule has 0 fully saturated rings. The average Bonchev–Trinajstić information content (AvgIpc) is 3.57. The van der Waals surface area contributed by atoms with Gasteiger partial charge in [-0.15, -0.1) is 0 Å². The number of carboxylic acid groups (broad SMARTS) is 1. The van der Waals surface area contributed by atoms with Gasteiger partial charge in [0.25, 0.3) is 0 Å². The summed E-state index contributed by atoms with van der Waals surface area (Å²) in [7, 11) is 0. The molecule has 0 spiro atoms. The van der Waals surface area contributed by atoms with Gasteiger partial charge in [0.15, 0.2) is 23.1 Å². The number of anilines is 1. The van der Waals surface area contributed by atoms with Gasteiger partial charge in [-0.3, -0.25) is 0 Å². The van der Waals surface area contributed by atoms with Gasteiger partial charge >= 0.3 is 12.1 Å². The number of aryl methyl sites for hydroxylation is 1. The first-order valence-corrected chi connectivity index (χ1v) is 12.4. The van der Waals surface area contributed by atoms with Crippen LogP contribution in [-0.4, -0.2) is 55.3 Å². The molecule has 4 N–H and O–H groups in total. The maximum atomic E-state index is 10.6. The van der Waals surface area contributed by atoms with Crippen molar-refractivity contribution < 1.29 is 32.4 Å². The normalized spacial score (nSPS) is 11.2. The molecule has 3 aromatic heterocycles. The number of nitrogen functional groups attached to an aromatic ring is 1. The monoisotopic (exact) mass is 569 g/mol. The molecule has 0 saturated carbocycles. The van der Waals surface area contributed by atoms with Crippen molar-refractivity contribution in [1.82, 2.24) is 30.2 Å². The molecule has 0 unspecified atom stereocenters. The lowest BCUT2D eigenvalue weighted by Gasteiger charge is -2.12. The van der Waals surface area contributed by atoms with Crippen molar-refractivity contribution in [3.63, 3.8) is 0 Å². The quantitative estimate of drug-likeness (QED) is 0.215. The number of ether oxygens (including phenoxy) is 1. The number of carboxylic acids is 1. The second-order valence-electron chi connectivity index (χ2n) is 8.53. The number of alkyl halides is 3. The Balaban J connectivity index is 0.000000493. The molecular formula is C27H26F3N7O4. The minimum absolute atomic E-state index is 0.187. The summed E-state index contributed by atoms with van der Waals surface area (Å²) in [6.45, 7) is 4.59. The number of aromatic nitrogens is 5. The minimum Gasteiger partial charge on any atom is -0.488 e. The first-order chi connectivity index (χ1) is 19.7. The standard InChI is InChI=1S/C25H25N7O2.C2HF3O2/c1-2-32-23-19(33-14-13-27-15-17-9-5-3-6-10-17)16-28-20(18-11-7-4-8-12-18)21(23)29-25(32)22-24(26)31-34-30-22;3-2(4,5)1(6)7/h3-12,16,27H,2,13-15H2,1H3,(H2,26,31);(H,6,7). The van der Waals surface area contributed by atoms with Gasteiger partial charge in [0.1, 0.15) is 17.6 Å². The van der Waals surface area contributed by atoms with E-state index in [-0.39, 0.29) is 5.82 Å². The van der Waals surface area contributed by atoms with Crippen LogP contribution in [0, 0.1) is 0 Å². The fourth-order valence-electron chi connectivity index (χ4n) is 3.93. The van der Waals surface area contributed by atoms with Gasteiger partial charge in [-0.1, -0.05) is 60.7 Å². The summed E-state index contributed by atoms with van der Waals surface area (Å²) in [5.74, 6) is -1.36. The number of fused-ring (bicyclic) bond motifs is 1. The summed E-state index contributed by atoms with van der Waals surface area (Å²) < 4.78 is 44.8. The molecule has 0 saturated heterocycles. The van der Waals surface area contributed by atoms with E-state index in [1.165, 1.54) is 5.56 Å². The van der Waals surface area contributed by atoms with Crippen LogP contribution in [0.15, 0.2) is 71.5 Å². The highest BCUT2D eigenvalue weighted by molar-refractivity contribution is 5.95. The molecule has 14 heteroatoms. The predicted molar refractivity (Wildman–Crippen MR) is 144 cm³/mol. The lowest BCUT2D eigenvalue weighted by molar-refractivity contribution is -0.192. The zero-order chi connectivity index (χ0) is 29.4. The molecule has 0 aliphatic heterocycles. The molecule has 0 aliphatic carbocycles. The highest BCUT2D eigenvalue weighted by Crippen LogP contribution is 2.36. The van der Waals surface area contributed by atoms with Crippen molar-refractivity contribution in [2.45, 2.75) is 26.2 Å². The van der Waals surface area contributed by atoms with Gasteiger partial charge in [-0.05, 0) is 22.8 Å². The van der Waals surface area contributed by atoms with Crippen LogP contribution in [0.25, 0.3) is 33.8 Å². The molecule has 0 bridgehead atoms. The SMILES string of the molecule is CCn1c(-c2nonc2N)nc2c(-c3ccccc3)ncc(OCCNCc3ccccc3)c21.O=C(O)C(F)(F)F. The number of halogens is 3. The lowest BCUT2D eigenvalue weighted by Crippen LogP contribution is -2.21. The van der Waals surface area contributed by atoms with E-state index in [1.54, 1.807) is 6.20 Å². The summed E-state index contributed by atoms with van der Waals surface area (Å²) in [5, 5.41) is 18.2. The van der Waals surface area contributed by atoms with E-state index in [2.05, 4.69) is 27.8 Å². The Bertz CT molecular complexity index is 1590. The number of benzene rings is 2. The molecule has 5 aromatic rings. The van der Waals surface area contributed by atoms with Crippen LogP contribution in [0.5, 0.6) is 5.75 Å². The van der Waals surface area contributed by atoms with Crippen molar-refractivity contribution in [3.05, 3.63) is 72.4 Å².